The molecule has 1 saturated heterocycles. The van der Waals surface area contributed by atoms with Gasteiger partial charge in [0.1, 0.15) is 0 Å². The van der Waals surface area contributed by atoms with Crippen molar-refractivity contribution in [2.75, 3.05) is 25.0 Å². The molecule has 0 saturated carbocycles. The fourth-order valence-corrected chi connectivity index (χ4v) is 3.51. The SMILES string of the molecule is CCN1CCCC(Nc2ccc3ncsc3c2)CC1. The summed E-state index contributed by atoms with van der Waals surface area (Å²) in [5.74, 6) is 0. The van der Waals surface area contributed by atoms with Gasteiger partial charge in [-0.2, -0.15) is 0 Å². The lowest BCUT2D eigenvalue weighted by Gasteiger charge is -2.19. The average Bonchev–Trinajstić information content (AvgIpc) is 2.77. The molecule has 0 spiro atoms. The summed E-state index contributed by atoms with van der Waals surface area (Å²) in [6.07, 6.45) is 3.82. The number of benzene rings is 1. The summed E-state index contributed by atoms with van der Waals surface area (Å²) in [4.78, 5) is 6.88. The van der Waals surface area contributed by atoms with E-state index in [0.29, 0.717) is 6.04 Å². The molecule has 2 aromatic rings. The standard InChI is InChI=1S/C15H21N3S/c1-2-18-8-3-4-12(7-9-18)17-13-5-6-14-15(10-13)19-11-16-14/h5-6,10-12,17H,2-4,7-9H2,1H3. The molecule has 1 atom stereocenters. The number of rotatable bonds is 3. The molecule has 1 fully saturated rings. The van der Waals surface area contributed by atoms with Crippen molar-refractivity contribution in [3.8, 4) is 0 Å². The molecule has 102 valence electrons. The first-order chi connectivity index (χ1) is 9.35. The zero-order chi connectivity index (χ0) is 13.1. The first kappa shape index (κ1) is 12.9. The molecule has 0 radical (unpaired) electrons. The van der Waals surface area contributed by atoms with Crippen LogP contribution < -0.4 is 5.32 Å². The summed E-state index contributed by atoms with van der Waals surface area (Å²) in [5.41, 5.74) is 4.26. The van der Waals surface area contributed by atoms with Gasteiger partial charge in [0, 0.05) is 18.3 Å². The van der Waals surface area contributed by atoms with Crippen molar-refractivity contribution >= 4 is 27.2 Å². The summed E-state index contributed by atoms with van der Waals surface area (Å²) < 4.78 is 1.27. The van der Waals surface area contributed by atoms with Crippen LogP contribution in [0, 0.1) is 0 Å². The molecule has 0 amide bonds. The van der Waals surface area contributed by atoms with Gasteiger partial charge >= 0.3 is 0 Å². The van der Waals surface area contributed by atoms with Gasteiger partial charge in [-0.25, -0.2) is 4.98 Å². The molecule has 4 heteroatoms. The average molecular weight is 275 g/mol. The van der Waals surface area contributed by atoms with E-state index in [1.165, 1.54) is 49.3 Å². The predicted molar refractivity (Wildman–Crippen MR) is 83.0 cm³/mol. The van der Waals surface area contributed by atoms with Crippen LogP contribution in [0.4, 0.5) is 5.69 Å². The molecule has 3 rings (SSSR count). The molecule has 1 unspecified atom stereocenters. The van der Waals surface area contributed by atoms with Crippen LogP contribution in [0.5, 0.6) is 0 Å². The zero-order valence-corrected chi connectivity index (χ0v) is 12.2. The maximum Gasteiger partial charge on any atom is 0.0813 e. The number of nitrogens with zero attached hydrogens (tertiary/aromatic N) is 2. The van der Waals surface area contributed by atoms with Gasteiger partial charge in [0.2, 0.25) is 0 Å². The fourth-order valence-electron chi connectivity index (χ4n) is 2.80. The Balaban J connectivity index is 1.66. The van der Waals surface area contributed by atoms with E-state index in [-0.39, 0.29) is 0 Å². The summed E-state index contributed by atoms with van der Waals surface area (Å²) >= 11 is 1.71. The van der Waals surface area contributed by atoms with Gasteiger partial charge in [-0.3, -0.25) is 0 Å². The smallest absolute Gasteiger partial charge is 0.0813 e. The molecule has 0 bridgehead atoms. The van der Waals surface area contributed by atoms with Crippen molar-refractivity contribution < 1.29 is 0 Å². The Morgan fingerprint density at radius 3 is 3.21 bits per heavy atom. The Bertz CT molecular complexity index is 537. The second kappa shape index (κ2) is 5.88. The third-order valence-corrected chi connectivity index (χ3v) is 4.76. The van der Waals surface area contributed by atoms with Crippen LogP contribution in [0.15, 0.2) is 23.7 Å². The molecule has 3 nitrogen and oxygen atoms in total. The van der Waals surface area contributed by atoms with Gasteiger partial charge in [0.15, 0.2) is 0 Å². The minimum Gasteiger partial charge on any atom is -0.382 e. The van der Waals surface area contributed by atoms with E-state index in [4.69, 9.17) is 0 Å². The number of anilines is 1. The van der Waals surface area contributed by atoms with E-state index >= 15 is 0 Å². The molecule has 19 heavy (non-hydrogen) atoms. The van der Waals surface area contributed by atoms with Crippen molar-refractivity contribution in [1.82, 2.24) is 9.88 Å². The Hall–Kier alpha value is -1.13. The molecular weight excluding hydrogens is 254 g/mol. The van der Waals surface area contributed by atoms with Gasteiger partial charge < -0.3 is 10.2 Å². The van der Waals surface area contributed by atoms with E-state index in [1.807, 2.05) is 5.51 Å². The van der Waals surface area contributed by atoms with Gasteiger partial charge in [0.05, 0.1) is 15.7 Å². The molecule has 1 aromatic heterocycles. The molecule has 1 N–H and O–H groups in total. The van der Waals surface area contributed by atoms with Crippen LogP contribution in [0.25, 0.3) is 10.2 Å². The Kier molecular flexibility index (Phi) is 3.99. The normalized spacial score (nSPS) is 21.4. The number of hydrogen-bond acceptors (Lipinski definition) is 4. The second-order valence-corrected chi connectivity index (χ2v) is 6.13. The first-order valence-corrected chi connectivity index (χ1v) is 8.05. The minimum absolute atomic E-state index is 0.613. The second-order valence-electron chi connectivity index (χ2n) is 5.24. The van der Waals surface area contributed by atoms with Crippen LogP contribution in [0.3, 0.4) is 0 Å². The lowest BCUT2D eigenvalue weighted by atomic mass is 10.1. The highest BCUT2D eigenvalue weighted by molar-refractivity contribution is 7.16. The maximum atomic E-state index is 4.33. The van der Waals surface area contributed by atoms with Crippen molar-refractivity contribution in [3.63, 3.8) is 0 Å². The van der Waals surface area contributed by atoms with Crippen LogP contribution in [-0.2, 0) is 0 Å². The summed E-state index contributed by atoms with van der Waals surface area (Å²) in [6.45, 7) is 5.91. The maximum absolute atomic E-state index is 4.33. The van der Waals surface area contributed by atoms with E-state index in [1.54, 1.807) is 11.3 Å². The lowest BCUT2D eigenvalue weighted by molar-refractivity contribution is 0.300. The Labute approximate surface area is 118 Å². The summed E-state index contributed by atoms with van der Waals surface area (Å²) in [5, 5.41) is 3.70. The number of nitrogens with one attached hydrogen (secondary N) is 1. The first-order valence-electron chi connectivity index (χ1n) is 7.17. The van der Waals surface area contributed by atoms with E-state index in [0.717, 1.165) is 5.52 Å². The molecule has 1 aliphatic rings. The molecule has 1 aliphatic heterocycles. The molecular formula is C15H21N3S. The summed E-state index contributed by atoms with van der Waals surface area (Å²) in [6, 6.07) is 7.12. The van der Waals surface area contributed by atoms with Crippen LogP contribution in [0.1, 0.15) is 26.2 Å². The quantitative estimate of drug-likeness (QED) is 0.928. The van der Waals surface area contributed by atoms with Gasteiger partial charge in [-0.1, -0.05) is 6.92 Å². The number of aromatic nitrogens is 1. The van der Waals surface area contributed by atoms with Crippen molar-refractivity contribution in [2.45, 2.75) is 32.2 Å². The topological polar surface area (TPSA) is 28.2 Å². The molecule has 1 aromatic carbocycles. The lowest BCUT2D eigenvalue weighted by Crippen LogP contribution is -2.26. The Morgan fingerprint density at radius 2 is 2.32 bits per heavy atom. The van der Waals surface area contributed by atoms with Gasteiger partial charge in [0.25, 0.3) is 0 Å². The highest BCUT2D eigenvalue weighted by Crippen LogP contribution is 2.23. The summed E-state index contributed by atoms with van der Waals surface area (Å²) in [7, 11) is 0. The van der Waals surface area contributed by atoms with E-state index in [9.17, 15) is 0 Å². The van der Waals surface area contributed by atoms with Crippen molar-refractivity contribution in [3.05, 3.63) is 23.7 Å². The number of hydrogen-bond donors (Lipinski definition) is 1. The predicted octanol–water partition coefficient (Wildman–Crippen LogP) is 3.58. The number of thiazole rings is 1. The highest BCUT2D eigenvalue weighted by atomic mass is 32.1. The van der Waals surface area contributed by atoms with Gasteiger partial charge in [-0.05, 0) is 50.6 Å². The number of fused-ring (bicyclic) bond motifs is 1. The van der Waals surface area contributed by atoms with Gasteiger partial charge in [-0.15, -0.1) is 11.3 Å². The third kappa shape index (κ3) is 3.07. The van der Waals surface area contributed by atoms with Crippen molar-refractivity contribution in [2.24, 2.45) is 0 Å². The fraction of sp³-hybridized carbons (Fsp3) is 0.533. The number of likely N-dealkylation sites (tertiary alicyclic amines) is 1. The van der Waals surface area contributed by atoms with Crippen LogP contribution >= 0.6 is 11.3 Å². The minimum atomic E-state index is 0.613. The zero-order valence-electron chi connectivity index (χ0n) is 11.4. The monoisotopic (exact) mass is 275 g/mol. The Morgan fingerprint density at radius 1 is 1.37 bits per heavy atom. The van der Waals surface area contributed by atoms with Crippen molar-refractivity contribution in [1.29, 1.82) is 0 Å². The van der Waals surface area contributed by atoms with E-state index in [2.05, 4.69) is 40.3 Å². The third-order valence-electron chi connectivity index (χ3n) is 3.97. The largest absolute Gasteiger partial charge is 0.382 e. The molecule has 0 aliphatic carbocycles. The highest BCUT2D eigenvalue weighted by Gasteiger charge is 2.15. The van der Waals surface area contributed by atoms with E-state index < -0.39 is 0 Å². The molecule has 2 heterocycles. The van der Waals surface area contributed by atoms with Crippen LogP contribution in [0.2, 0.25) is 0 Å². The van der Waals surface area contributed by atoms with Crippen LogP contribution in [-0.4, -0.2) is 35.6 Å².